The molecule has 0 saturated carbocycles. The number of aliphatic hydroxyl groups excluding tert-OH is 3. The van der Waals surface area contributed by atoms with Crippen LogP contribution in [0.4, 0.5) is 0 Å². The molecule has 140 valence electrons. The van der Waals surface area contributed by atoms with E-state index in [0.29, 0.717) is 12.8 Å². The Hall–Kier alpha value is -0.990. The molecule has 1 rings (SSSR count). The highest BCUT2D eigenvalue weighted by atomic mass is 16.7. The quantitative estimate of drug-likeness (QED) is 0.485. The second-order valence-corrected chi connectivity index (χ2v) is 7.14. The van der Waals surface area contributed by atoms with E-state index in [0.717, 1.165) is 0 Å². The van der Waals surface area contributed by atoms with Crippen molar-refractivity contribution in [2.75, 3.05) is 0 Å². The lowest BCUT2D eigenvalue weighted by Gasteiger charge is -2.39. The van der Waals surface area contributed by atoms with Gasteiger partial charge in [-0.25, -0.2) is 4.79 Å². The van der Waals surface area contributed by atoms with Crippen molar-refractivity contribution < 1.29 is 34.3 Å². The largest absolute Gasteiger partial charge is 0.457 e. The van der Waals surface area contributed by atoms with Crippen LogP contribution in [0.1, 0.15) is 47.5 Å². The predicted octanol–water partition coefficient (Wildman–Crippen LogP) is 0.897. The Balaban J connectivity index is 2.36. The fourth-order valence-electron chi connectivity index (χ4n) is 2.27. The number of carbonyl (C=O) groups excluding carboxylic acids is 1. The van der Waals surface area contributed by atoms with E-state index in [9.17, 15) is 20.1 Å². The smallest absolute Gasteiger partial charge is 0.330 e. The number of hydrogen-bond acceptors (Lipinski definition) is 7. The molecule has 1 heterocycles. The van der Waals surface area contributed by atoms with Crippen LogP contribution in [0.25, 0.3) is 0 Å². The van der Waals surface area contributed by atoms with Crippen LogP contribution in [-0.2, 0) is 19.0 Å². The molecule has 0 aromatic rings. The summed E-state index contributed by atoms with van der Waals surface area (Å²) in [5, 5.41) is 29.3. The minimum atomic E-state index is -1.31. The van der Waals surface area contributed by atoms with Crippen molar-refractivity contribution in [3.63, 3.8) is 0 Å². The molecule has 3 N–H and O–H groups in total. The van der Waals surface area contributed by atoms with Crippen molar-refractivity contribution in [2.45, 2.75) is 89.9 Å². The summed E-state index contributed by atoms with van der Waals surface area (Å²) < 4.78 is 16.1. The molecule has 7 nitrogen and oxygen atoms in total. The standard InChI is InChI=1S/C17H30O7/c1-10(8-6-7-9-12(18)24-17(3,4)5)22-16-15(21)14(20)13(19)11(2)23-16/h7,9-11,13-16,19-21H,6,8H2,1-5H3/b9-7+/t10?,11?,13-,14?,15-,16+/m0/s1. The van der Waals surface area contributed by atoms with E-state index in [2.05, 4.69) is 0 Å². The van der Waals surface area contributed by atoms with Gasteiger partial charge in [0.15, 0.2) is 6.29 Å². The highest BCUT2D eigenvalue weighted by molar-refractivity contribution is 5.82. The van der Waals surface area contributed by atoms with Crippen molar-refractivity contribution in [3.05, 3.63) is 12.2 Å². The molecule has 3 unspecified atom stereocenters. The third-order valence-corrected chi connectivity index (χ3v) is 3.58. The lowest BCUT2D eigenvalue weighted by Crippen LogP contribution is -2.57. The van der Waals surface area contributed by atoms with Gasteiger partial charge >= 0.3 is 5.97 Å². The van der Waals surface area contributed by atoms with Crippen molar-refractivity contribution in [1.29, 1.82) is 0 Å². The van der Waals surface area contributed by atoms with Crippen LogP contribution in [0.15, 0.2) is 12.2 Å². The first-order valence-electron chi connectivity index (χ1n) is 8.26. The van der Waals surface area contributed by atoms with Gasteiger partial charge in [-0.3, -0.25) is 0 Å². The van der Waals surface area contributed by atoms with Crippen LogP contribution in [0.5, 0.6) is 0 Å². The van der Waals surface area contributed by atoms with E-state index in [1.165, 1.54) is 6.08 Å². The Morgan fingerprint density at radius 1 is 1.21 bits per heavy atom. The van der Waals surface area contributed by atoms with Gasteiger partial charge in [0.2, 0.25) is 0 Å². The maximum absolute atomic E-state index is 11.5. The minimum absolute atomic E-state index is 0.262. The van der Waals surface area contributed by atoms with Gasteiger partial charge in [0, 0.05) is 6.08 Å². The highest BCUT2D eigenvalue weighted by Crippen LogP contribution is 2.23. The van der Waals surface area contributed by atoms with Crippen LogP contribution in [0, 0.1) is 0 Å². The number of carbonyl (C=O) groups is 1. The Kier molecular flexibility index (Phi) is 7.82. The molecule has 6 atom stereocenters. The molecule has 0 amide bonds. The van der Waals surface area contributed by atoms with E-state index < -0.39 is 42.3 Å². The second kappa shape index (κ2) is 8.92. The van der Waals surface area contributed by atoms with Crippen LogP contribution in [0.2, 0.25) is 0 Å². The summed E-state index contributed by atoms with van der Waals surface area (Å²) in [5.41, 5.74) is -0.519. The SMILES string of the molecule is CC(CC/C=C/C(=O)OC(C)(C)C)O[C@@H]1OC(C)[C@H](O)C(O)[C@@H]1O. The molecule has 0 aromatic carbocycles. The maximum atomic E-state index is 11.5. The summed E-state index contributed by atoms with van der Waals surface area (Å²) in [4.78, 5) is 11.5. The van der Waals surface area contributed by atoms with Crippen molar-refractivity contribution >= 4 is 5.97 Å². The van der Waals surface area contributed by atoms with Crippen molar-refractivity contribution in [3.8, 4) is 0 Å². The molecule has 1 fully saturated rings. The number of rotatable bonds is 6. The molecule has 0 aliphatic carbocycles. The number of allylic oxidation sites excluding steroid dienone is 1. The first-order chi connectivity index (χ1) is 11.0. The number of esters is 1. The Bertz CT molecular complexity index is 429. The Morgan fingerprint density at radius 2 is 1.83 bits per heavy atom. The van der Waals surface area contributed by atoms with Crippen LogP contribution in [-0.4, -0.2) is 63.7 Å². The zero-order chi connectivity index (χ0) is 18.5. The molecule has 7 heteroatoms. The molecule has 0 radical (unpaired) electrons. The number of ether oxygens (including phenoxy) is 3. The third kappa shape index (κ3) is 6.86. The normalized spacial score (nSPS) is 32.8. The zero-order valence-corrected chi connectivity index (χ0v) is 15.0. The first-order valence-corrected chi connectivity index (χ1v) is 8.26. The molecule has 0 spiro atoms. The number of hydrogen-bond donors (Lipinski definition) is 3. The van der Waals surface area contributed by atoms with Gasteiger partial charge in [-0.1, -0.05) is 6.08 Å². The summed E-state index contributed by atoms with van der Waals surface area (Å²) in [6, 6.07) is 0. The Morgan fingerprint density at radius 3 is 2.42 bits per heavy atom. The summed E-state index contributed by atoms with van der Waals surface area (Å²) in [7, 11) is 0. The van der Waals surface area contributed by atoms with E-state index in [-0.39, 0.29) is 6.10 Å². The number of aliphatic hydroxyl groups is 3. The van der Waals surface area contributed by atoms with Crippen molar-refractivity contribution in [2.24, 2.45) is 0 Å². The predicted molar refractivity (Wildman–Crippen MR) is 87.1 cm³/mol. The van der Waals surface area contributed by atoms with E-state index in [1.54, 1.807) is 40.7 Å². The zero-order valence-electron chi connectivity index (χ0n) is 15.0. The molecule has 0 bridgehead atoms. The summed E-state index contributed by atoms with van der Waals surface area (Å²) >= 11 is 0. The van der Waals surface area contributed by atoms with Gasteiger partial charge in [-0.15, -0.1) is 0 Å². The van der Waals surface area contributed by atoms with Gasteiger partial charge in [0.25, 0.3) is 0 Å². The van der Waals surface area contributed by atoms with E-state index in [1.807, 2.05) is 0 Å². The Labute approximate surface area is 143 Å². The average Bonchev–Trinajstić information content (AvgIpc) is 2.45. The maximum Gasteiger partial charge on any atom is 0.330 e. The van der Waals surface area contributed by atoms with Gasteiger partial charge in [-0.05, 0) is 47.5 Å². The molecular formula is C17H30O7. The van der Waals surface area contributed by atoms with Gasteiger partial charge in [-0.2, -0.15) is 0 Å². The lowest BCUT2D eigenvalue weighted by atomic mass is 10.00. The lowest BCUT2D eigenvalue weighted by molar-refractivity contribution is -0.302. The van der Waals surface area contributed by atoms with E-state index in [4.69, 9.17) is 14.2 Å². The third-order valence-electron chi connectivity index (χ3n) is 3.58. The van der Waals surface area contributed by atoms with E-state index >= 15 is 0 Å². The monoisotopic (exact) mass is 346 g/mol. The van der Waals surface area contributed by atoms with Gasteiger partial charge < -0.3 is 29.5 Å². The van der Waals surface area contributed by atoms with Gasteiger partial charge in [0.1, 0.15) is 23.9 Å². The average molecular weight is 346 g/mol. The van der Waals surface area contributed by atoms with Crippen LogP contribution < -0.4 is 0 Å². The molecule has 0 aromatic heterocycles. The first kappa shape index (κ1) is 21.1. The molecule has 1 saturated heterocycles. The highest BCUT2D eigenvalue weighted by Gasteiger charge is 2.42. The van der Waals surface area contributed by atoms with Crippen LogP contribution in [0.3, 0.4) is 0 Å². The molecule has 1 aliphatic heterocycles. The van der Waals surface area contributed by atoms with Crippen molar-refractivity contribution in [1.82, 2.24) is 0 Å². The topological polar surface area (TPSA) is 105 Å². The fraction of sp³-hybridized carbons (Fsp3) is 0.824. The van der Waals surface area contributed by atoms with Gasteiger partial charge in [0.05, 0.1) is 12.2 Å². The molecular weight excluding hydrogens is 316 g/mol. The second-order valence-electron chi connectivity index (χ2n) is 7.14. The minimum Gasteiger partial charge on any atom is -0.457 e. The molecule has 24 heavy (non-hydrogen) atoms. The van der Waals surface area contributed by atoms with Crippen LogP contribution >= 0.6 is 0 Å². The summed E-state index contributed by atoms with van der Waals surface area (Å²) in [6.07, 6.45) is -1.39. The molecule has 1 aliphatic rings. The fourth-order valence-corrected chi connectivity index (χ4v) is 2.27. The summed E-state index contributed by atoms with van der Waals surface area (Å²) in [6.45, 7) is 8.81. The summed E-state index contributed by atoms with van der Waals surface area (Å²) in [5.74, 6) is -0.395.